The maximum Gasteiger partial charge on any atom is 0.252 e. The summed E-state index contributed by atoms with van der Waals surface area (Å²) in [5.74, 6) is 0.452. The van der Waals surface area contributed by atoms with Gasteiger partial charge in [-0.3, -0.25) is 4.79 Å². The lowest BCUT2D eigenvalue weighted by molar-refractivity contribution is -0.135. The summed E-state index contributed by atoms with van der Waals surface area (Å²) in [5.41, 5.74) is 1.14. The number of nitrogens with zero attached hydrogens (tertiary/aromatic N) is 1. The average molecular weight is 399 g/mol. The lowest BCUT2D eigenvalue weighted by Crippen LogP contribution is -2.44. The van der Waals surface area contributed by atoms with Crippen molar-refractivity contribution >= 4 is 11.6 Å². The first-order valence-electron chi connectivity index (χ1n) is 11.1. The summed E-state index contributed by atoms with van der Waals surface area (Å²) in [6.07, 6.45) is 4.26. The van der Waals surface area contributed by atoms with Crippen molar-refractivity contribution in [1.29, 1.82) is 0 Å². The predicted octanol–water partition coefficient (Wildman–Crippen LogP) is 3.84. The molecule has 4 bridgehead atoms. The summed E-state index contributed by atoms with van der Waals surface area (Å²) >= 11 is 0. The Morgan fingerprint density at radius 2 is 2.07 bits per heavy atom. The summed E-state index contributed by atoms with van der Waals surface area (Å²) in [6, 6.07) is 10.7. The number of carbonyl (C=O) groups excluding carboxylic acids is 1. The Morgan fingerprint density at radius 3 is 2.83 bits per heavy atom. The number of halogens is 1. The van der Waals surface area contributed by atoms with Gasteiger partial charge in [0, 0.05) is 31.5 Å². The largest absolute Gasteiger partial charge is 0.381 e. The minimum Gasteiger partial charge on any atom is -0.381 e. The van der Waals surface area contributed by atoms with Crippen molar-refractivity contribution in [1.82, 2.24) is 5.32 Å². The molecule has 0 aromatic heterocycles. The minimum atomic E-state index is -1.15. The molecule has 2 unspecified atom stereocenters. The molecule has 1 N–H and O–H groups in total. The zero-order valence-corrected chi connectivity index (χ0v) is 17.3. The smallest absolute Gasteiger partial charge is 0.252 e. The molecule has 4 aliphatic carbocycles. The fourth-order valence-corrected chi connectivity index (χ4v) is 7.29. The normalized spacial score (nSPS) is 41.9. The van der Waals surface area contributed by atoms with Crippen LogP contribution >= 0.6 is 0 Å². The molecule has 1 aromatic carbocycles. The van der Waals surface area contributed by atoms with Crippen molar-refractivity contribution < 1.29 is 13.9 Å². The summed E-state index contributed by atoms with van der Waals surface area (Å²) in [5, 5.41) is 3.04. The third-order valence-corrected chi connectivity index (χ3v) is 8.19. The van der Waals surface area contributed by atoms with E-state index in [4.69, 9.17) is 4.74 Å². The number of aliphatic imine (C=N–C) groups is 1. The molecule has 1 amide bonds. The second kappa shape index (κ2) is 6.98. The molecule has 1 aromatic rings. The van der Waals surface area contributed by atoms with Crippen molar-refractivity contribution in [3.05, 3.63) is 35.9 Å². The quantitative estimate of drug-likeness (QED) is 0.820. The molecular formula is C24H31FN2O2. The standard InChI is InChI=1S/C24H31FN2O2/c1-2-29-16-23-11-17-10-22(14-23,18-6-4-3-5-7-18)15-24(23,12-17)21(28)27-20-8-9-26-13-19(20)25/h3-7,17,19,26H,2,8-16H2,1H3/b27-20+/t17?,19-,22+,23+,24?/m0/s1. The van der Waals surface area contributed by atoms with Gasteiger partial charge < -0.3 is 10.1 Å². The molecule has 5 heteroatoms. The van der Waals surface area contributed by atoms with Crippen LogP contribution in [-0.4, -0.2) is 44.1 Å². The lowest BCUT2D eigenvalue weighted by atomic mass is 9.63. The fourth-order valence-electron chi connectivity index (χ4n) is 7.29. The fraction of sp³-hybridized carbons (Fsp3) is 0.667. The summed E-state index contributed by atoms with van der Waals surface area (Å²) in [7, 11) is 0. The van der Waals surface area contributed by atoms with Crippen LogP contribution in [0.3, 0.4) is 0 Å². The monoisotopic (exact) mass is 398 g/mol. The van der Waals surface area contributed by atoms with E-state index in [1.165, 1.54) is 5.56 Å². The highest BCUT2D eigenvalue weighted by molar-refractivity contribution is 6.01. The highest BCUT2D eigenvalue weighted by Gasteiger charge is 2.74. The molecule has 0 spiro atoms. The van der Waals surface area contributed by atoms with E-state index in [2.05, 4.69) is 40.6 Å². The number of ether oxygens (including phenoxy) is 1. The number of rotatable bonds is 5. The number of hydrogen-bond acceptors (Lipinski definition) is 3. The van der Waals surface area contributed by atoms with Gasteiger partial charge in [0.1, 0.15) is 0 Å². The second-order valence-corrected chi connectivity index (χ2v) is 9.81. The van der Waals surface area contributed by atoms with Gasteiger partial charge in [0.25, 0.3) is 5.91 Å². The number of nitrogens with one attached hydrogen (secondary N) is 1. The van der Waals surface area contributed by atoms with Crippen molar-refractivity contribution in [2.45, 2.75) is 57.0 Å². The number of amides is 1. The molecule has 1 heterocycles. The molecule has 0 radical (unpaired) electrons. The Morgan fingerprint density at radius 1 is 1.24 bits per heavy atom. The highest BCUT2D eigenvalue weighted by atomic mass is 19.1. The first-order chi connectivity index (χ1) is 14.0. The highest BCUT2D eigenvalue weighted by Crippen LogP contribution is 2.76. The maximum absolute atomic E-state index is 14.4. The maximum atomic E-state index is 14.4. The zero-order chi connectivity index (χ0) is 20.1. The Balaban J connectivity index is 1.55. The van der Waals surface area contributed by atoms with Gasteiger partial charge in [0.05, 0.1) is 17.7 Å². The lowest BCUT2D eigenvalue weighted by Gasteiger charge is -2.41. The molecule has 5 fully saturated rings. The van der Waals surface area contributed by atoms with E-state index in [-0.39, 0.29) is 23.3 Å². The Labute approximate surface area is 172 Å². The van der Waals surface area contributed by atoms with Crippen LogP contribution in [0.4, 0.5) is 4.39 Å². The van der Waals surface area contributed by atoms with Crippen LogP contribution in [0.1, 0.15) is 51.0 Å². The summed E-state index contributed by atoms with van der Waals surface area (Å²) in [4.78, 5) is 18.2. The number of carbonyl (C=O) groups is 1. The first kappa shape index (κ1) is 19.4. The van der Waals surface area contributed by atoms with Crippen LogP contribution in [0, 0.1) is 16.7 Å². The molecular weight excluding hydrogens is 367 g/mol. The van der Waals surface area contributed by atoms with Crippen LogP contribution in [0.5, 0.6) is 0 Å². The van der Waals surface area contributed by atoms with Gasteiger partial charge in [-0.2, -0.15) is 0 Å². The second-order valence-electron chi connectivity index (χ2n) is 9.81. The molecule has 4 saturated carbocycles. The van der Waals surface area contributed by atoms with Gasteiger partial charge in [-0.15, -0.1) is 0 Å². The van der Waals surface area contributed by atoms with Crippen molar-refractivity contribution in [2.24, 2.45) is 21.7 Å². The van der Waals surface area contributed by atoms with E-state index in [1.54, 1.807) is 0 Å². The van der Waals surface area contributed by atoms with Gasteiger partial charge in [-0.1, -0.05) is 30.3 Å². The number of benzene rings is 1. The SMILES string of the molecule is CCOC[C@]12CC3CC1(C(=O)/N=C1\CCNC[C@@H]1F)C[C@@](c1ccccc1)(C3)C2. The van der Waals surface area contributed by atoms with E-state index < -0.39 is 11.6 Å². The third-order valence-electron chi connectivity index (χ3n) is 8.19. The average Bonchev–Trinajstić information content (AvgIpc) is 3.08. The Bertz CT molecular complexity index is 827. The van der Waals surface area contributed by atoms with E-state index in [0.29, 0.717) is 37.8 Å². The Kier molecular flexibility index (Phi) is 4.67. The van der Waals surface area contributed by atoms with E-state index in [9.17, 15) is 9.18 Å². The van der Waals surface area contributed by atoms with Gasteiger partial charge in [-0.25, -0.2) is 9.38 Å². The number of piperidine rings is 1. The van der Waals surface area contributed by atoms with Crippen LogP contribution in [0.15, 0.2) is 35.3 Å². The Hall–Kier alpha value is -1.59. The van der Waals surface area contributed by atoms with Crippen LogP contribution < -0.4 is 5.32 Å². The van der Waals surface area contributed by atoms with Gasteiger partial charge in [-0.05, 0) is 55.9 Å². The van der Waals surface area contributed by atoms with Crippen molar-refractivity contribution in [3.63, 3.8) is 0 Å². The summed E-state index contributed by atoms with van der Waals surface area (Å²) < 4.78 is 20.4. The van der Waals surface area contributed by atoms with Crippen LogP contribution in [-0.2, 0) is 14.9 Å². The number of alkyl halides is 1. The molecule has 1 aliphatic heterocycles. The van der Waals surface area contributed by atoms with E-state index >= 15 is 0 Å². The van der Waals surface area contributed by atoms with Crippen molar-refractivity contribution in [2.75, 3.05) is 26.3 Å². The molecule has 156 valence electrons. The van der Waals surface area contributed by atoms with Gasteiger partial charge in [0.15, 0.2) is 6.17 Å². The van der Waals surface area contributed by atoms with Crippen LogP contribution in [0.25, 0.3) is 0 Å². The topological polar surface area (TPSA) is 50.7 Å². The zero-order valence-electron chi connectivity index (χ0n) is 17.3. The third kappa shape index (κ3) is 2.84. The molecule has 1 saturated heterocycles. The molecule has 4 nitrogen and oxygen atoms in total. The van der Waals surface area contributed by atoms with E-state index in [1.807, 2.05) is 6.92 Å². The van der Waals surface area contributed by atoms with E-state index in [0.717, 1.165) is 32.1 Å². The summed E-state index contributed by atoms with van der Waals surface area (Å²) in [6.45, 7) is 4.24. The molecule has 6 rings (SSSR count). The van der Waals surface area contributed by atoms with Gasteiger partial charge >= 0.3 is 0 Å². The molecule has 5 atom stereocenters. The van der Waals surface area contributed by atoms with Crippen LogP contribution in [0.2, 0.25) is 0 Å². The number of hydrogen-bond donors (Lipinski definition) is 1. The minimum absolute atomic E-state index is 0.0264. The van der Waals surface area contributed by atoms with Crippen molar-refractivity contribution in [3.8, 4) is 0 Å². The van der Waals surface area contributed by atoms with Gasteiger partial charge in [0.2, 0.25) is 0 Å². The molecule has 29 heavy (non-hydrogen) atoms. The molecule has 5 aliphatic rings. The first-order valence-corrected chi connectivity index (χ1v) is 11.1. The predicted molar refractivity (Wildman–Crippen MR) is 111 cm³/mol.